The summed E-state index contributed by atoms with van der Waals surface area (Å²) in [6.45, 7) is -0.0299. The first-order valence-corrected chi connectivity index (χ1v) is 8.68. The minimum atomic E-state index is -1.05. The van der Waals surface area contributed by atoms with Gasteiger partial charge in [-0.3, -0.25) is 9.59 Å². The molecule has 2 aromatic carbocycles. The standard InChI is InChI=1S/C19H13ClF2N4O2/c20-11-3-1-4-12(7-11)26-16(13-5-2-6-14(21)18(13)22)8-15(24-26)19(28)25-9-17(27)23-10-25/h1-8H,9-10H2,(H,23,27). The first kappa shape index (κ1) is 18.1. The molecule has 1 saturated heterocycles. The van der Waals surface area contributed by atoms with Crippen LogP contribution in [0.15, 0.2) is 48.5 Å². The van der Waals surface area contributed by atoms with E-state index in [1.54, 1.807) is 24.3 Å². The number of hydrogen-bond acceptors (Lipinski definition) is 3. The van der Waals surface area contributed by atoms with E-state index in [0.717, 1.165) is 6.07 Å². The highest BCUT2D eigenvalue weighted by atomic mass is 35.5. The van der Waals surface area contributed by atoms with Gasteiger partial charge in [0.25, 0.3) is 5.91 Å². The van der Waals surface area contributed by atoms with Gasteiger partial charge in [-0.05, 0) is 36.4 Å². The number of amides is 2. The molecule has 0 atom stereocenters. The normalized spacial score (nSPS) is 13.7. The van der Waals surface area contributed by atoms with Crippen LogP contribution in [-0.2, 0) is 4.79 Å². The van der Waals surface area contributed by atoms with Crippen LogP contribution in [0.5, 0.6) is 0 Å². The molecule has 6 nitrogen and oxygen atoms in total. The summed E-state index contributed by atoms with van der Waals surface area (Å²) in [5, 5.41) is 7.23. The maximum absolute atomic E-state index is 14.4. The fourth-order valence-corrected chi connectivity index (χ4v) is 3.14. The van der Waals surface area contributed by atoms with Gasteiger partial charge >= 0.3 is 0 Å². The molecule has 0 unspecified atom stereocenters. The second-order valence-corrected chi connectivity index (χ2v) is 6.61. The Morgan fingerprint density at radius 2 is 1.93 bits per heavy atom. The van der Waals surface area contributed by atoms with Crippen molar-refractivity contribution < 1.29 is 18.4 Å². The molecule has 0 radical (unpaired) electrons. The number of benzene rings is 2. The predicted octanol–water partition coefficient (Wildman–Crippen LogP) is 3.00. The maximum Gasteiger partial charge on any atom is 0.276 e. The minimum absolute atomic E-state index is 0.00450. The largest absolute Gasteiger partial charge is 0.337 e. The Morgan fingerprint density at radius 1 is 1.14 bits per heavy atom. The van der Waals surface area contributed by atoms with Crippen LogP contribution in [0, 0.1) is 11.6 Å². The molecular weight excluding hydrogens is 390 g/mol. The monoisotopic (exact) mass is 402 g/mol. The van der Waals surface area contributed by atoms with Crippen LogP contribution >= 0.6 is 11.6 Å². The van der Waals surface area contributed by atoms with Gasteiger partial charge in [-0.15, -0.1) is 0 Å². The number of halogens is 3. The number of carbonyl (C=O) groups excluding carboxylic acids is 2. The molecule has 1 aliphatic rings. The highest BCUT2D eigenvalue weighted by Gasteiger charge is 2.28. The molecule has 0 saturated carbocycles. The van der Waals surface area contributed by atoms with Crippen LogP contribution in [0.3, 0.4) is 0 Å². The smallest absolute Gasteiger partial charge is 0.276 e. The van der Waals surface area contributed by atoms with Crippen LogP contribution < -0.4 is 5.32 Å². The Balaban J connectivity index is 1.86. The average molecular weight is 403 g/mol. The molecule has 142 valence electrons. The van der Waals surface area contributed by atoms with Gasteiger partial charge in [0.15, 0.2) is 17.3 Å². The third-order valence-electron chi connectivity index (χ3n) is 4.30. The summed E-state index contributed by atoms with van der Waals surface area (Å²) in [7, 11) is 0. The van der Waals surface area contributed by atoms with Crippen LogP contribution in [0.4, 0.5) is 8.78 Å². The lowest BCUT2D eigenvalue weighted by atomic mass is 10.1. The molecule has 28 heavy (non-hydrogen) atoms. The van der Waals surface area contributed by atoms with Gasteiger partial charge in [-0.2, -0.15) is 5.10 Å². The van der Waals surface area contributed by atoms with Gasteiger partial charge < -0.3 is 10.2 Å². The van der Waals surface area contributed by atoms with Crippen LogP contribution in [-0.4, -0.2) is 39.7 Å². The summed E-state index contributed by atoms with van der Waals surface area (Å²) in [4.78, 5) is 25.4. The zero-order valence-electron chi connectivity index (χ0n) is 14.3. The zero-order valence-corrected chi connectivity index (χ0v) is 15.1. The highest BCUT2D eigenvalue weighted by Crippen LogP contribution is 2.29. The van der Waals surface area contributed by atoms with Crippen molar-refractivity contribution in [1.82, 2.24) is 20.0 Å². The van der Waals surface area contributed by atoms with E-state index in [-0.39, 0.29) is 36.1 Å². The molecule has 3 aromatic rings. The van der Waals surface area contributed by atoms with Crippen molar-refractivity contribution >= 4 is 23.4 Å². The van der Waals surface area contributed by atoms with Crippen LogP contribution in [0.1, 0.15) is 10.5 Å². The lowest BCUT2D eigenvalue weighted by Crippen LogP contribution is -2.30. The molecule has 1 fully saturated rings. The molecule has 2 heterocycles. The van der Waals surface area contributed by atoms with E-state index in [1.807, 2.05) is 0 Å². The summed E-state index contributed by atoms with van der Waals surface area (Å²) in [5.41, 5.74) is 0.596. The van der Waals surface area contributed by atoms with Gasteiger partial charge in [-0.1, -0.05) is 23.7 Å². The quantitative estimate of drug-likeness (QED) is 0.732. The molecule has 1 N–H and O–H groups in total. The maximum atomic E-state index is 14.4. The van der Waals surface area contributed by atoms with Crippen molar-refractivity contribution in [2.45, 2.75) is 0 Å². The van der Waals surface area contributed by atoms with Gasteiger partial charge in [0.05, 0.1) is 18.1 Å². The number of hydrogen-bond donors (Lipinski definition) is 1. The second-order valence-electron chi connectivity index (χ2n) is 6.17. The number of nitrogens with one attached hydrogen (secondary N) is 1. The van der Waals surface area contributed by atoms with E-state index in [0.29, 0.717) is 10.7 Å². The first-order chi connectivity index (χ1) is 13.4. The summed E-state index contributed by atoms with van der Waals surface area (Å²) >= 11 is 6.04. The number of nitrogens with zero attached hydrogens (tertiary/aromatic N) is 3. The molecule has 0 spiro atoms. The number of carbonyl (C=O) groups is 2. The van der Waals surface area contributed by atoms with Crippen molar-refractivity contribution in [2.24, 2.45) is 0 Å². The SMILES string of the molecule is O=C1CN(C(=O)c2cc(-c3cccc(F)c3F)n(-c3cccc(Cl)c3)n2)CN1. The Morgan fingerprint density at radius 3 is 2.64 bits per heavy atom. The van der Waals surface area contributed by atoms with E-state index in [2.05, 4.69) is 10.4 Å². The molecule has 0 aliphatic carbocycles. The van der Waals surface area contributed by atoms with Gasteiger partial charge in [0, 0.05) is 10.6 Å². The van der Waals surface area contributed by atoms with Crippen molar-refractivity contribution in [3.8, 4) is 16.9 Å². The molecule has 4 rings (SSSR count). The summed E-state index contributed by atoms with van der Waals surface area (Å²) in [5.74, 6) is -2.85. The Bertz CT molecular complexity index is 1100. The molecule has 9 heteroatoms. The Hall–Kier alpha value is -3.26. The third-order valence-corrected chi connectivity index (χ3v) is 4.53. The van der Waals surface area contributed by atoms with E-state index in [1.165, 1.54) is 27.8 Å². The molecule has 1 aliphatic heterocycles. The van der Waals surface area contributed by atoms with Crippen molar-refractivity contribution in [3.05, 3.63) is 70.9 Å². The van der Waals surface area contributed by atoms with Crippen LogP contribution in [0.2, 0.25) is 5.02 Å². The Kier molecular flexibility index (Phi) is 4.56. The minimum Gasteiger partial charge on any atom is -0.337 e. The van der Waals surface area contributed by atoms with Crippen molar-refractivity contribution in [2.75, 3.05) is 13.2 Å². The van der Waals surface area contributed by atoms with E-state index in [9.17, 15) is 18.4 Å². The summed E-state index contributed by atoms with van der Waals surface area (Å²) in [6.07, 6.45) is 0. The molecular formula is C19H13ClF2N4O2. The lowest BCUT2D eigenvalue weighted by Gasteiger charge is -2.10. The number of rotatable bonds is 3. The van der Waals surface area contributed by atoms with E-state index < -0.39 is 17.5 Å². The molecule has 2 amide bonds. The number of aromatic nitrogens is 2. The molecule has 0 bridgehead atoms. The first-order valence-electron chi connectivity index (χ1n) is 8.30. The van der Waals surface area contributed by atoms with Crippen molar-refractivity contribution in [1.29, 1.82) is 0 Å². The van der Waals surface area contributed by atoms with E-state index >= 15 is 0 Å². The summed E-state index contributed by atoms with van der Waals surface area (Å²) < 4.78 is 29.5. The van der Waals surface area contributed by atoms with Crippen molar-refractivity contribution in [3.63, 3.8) is 0 Å². The third kappa shape index (κ3) is 3.22. The van der Waals surface area contributed by atoms with Gasteiger partial charge in [-0.25, -0.2) is 13.5 Å². The molecule has 1 aromatic heterocycles. The lowest BCUT2D eigenvalue weighted by molar-refractivity contribution is -0.118. The zero-order chi connectivity index (χ0) is 19.8. The van der Waals surface area contributed by atoms with Gasteiger partial charge in [0.1, 0.15) is 6.54 Å². The highest BCUT2D eigenvalue weighted by molar-refractivity contribution is 6.30. The fourth-order valence-electron chi connectivity index (χ4n) is 2.96. The summed E-state index contributed by atoms with van der Waals surface area (Å²) in [6, 6.07) is 11.7. The van der Waals surface area contributed by atoms with Gasteiger partial charge in [0.2, 0.25) is 5.91 Å². The topological polar surface area (TPSA) is 67.2 Å². The van der Waals surface area contributed by atoms with E-state index in [4.69, 9.17) is 11.6 Å². The average Bonchev–Trinajstić information content (AvgIpc) is 3.30. The van der Waals surface area contributed by atoms with Crippen LogP contribution in [0.25, 0.3) is 16.9 Å². The predicted molar refractivity (Wildman–Crippen MR) is 98.0 cm³/mol. The fraction of sp³-hybridized carbons (Fsp3) is 0.105. The second kappa shape index (κ2) is 7.05. The Labute approximate surface area is 163 Å².